The second kappa shape index (κ2) is 7.92. The van der Waals surface area contributed by atoms with Gasteiger partial charge in [0.1, 0.15) is 0 Å². The molecule has 2 aromatic rings. The Morgan fingerprint density at radius 2 is 1.00 bits per heavy atom. The molecule has 4 nitrogen and oxygen atoms in total. The molecule has 2 aliphatic rings. The minimum Gasteiger partial charge on any atom is -0.224 e. The molecular weight excluding hydrogens is 404 g/mol. The van der Waals surface area contributed by atoms with E-state index < -0.39 is 19.7 Å². The summed E-state index contributed by atoms with van der Waals surface area (Å²) < 4.78 is 50.7. The van der Waals surface area contributed by atoms with Gasteiger partial charge in [-0.15, -0.1) is 0 Å². The Hall–Kier alpha value is -2.18. The van der Waals surface area contributed by atoms with Crippen LogP contribution in [-0.2, 0) is 19.7 Å². The van der Waals surface area contributed by atoms with Crippen LogP contribution in [0.25, 0.3) is 0 Å². The lowest BCUT2D eigenvalue weighted by molar-refractivity contribution is 0.591. The van der Waals surface area contributed by atoms with Crippen molar-refractivity contribution >= 4 is 19.7 Å². The van der Waals surface area contributed by atoms with Gasteiger partial charge in [-0.25, -0.2) is 16.8 Å². The molecule has 0 saturated heterocycles. The maximum atomic E-state index is 12.7. The molecule has 2 aliphatic carbocycles. The third kappa shape index (κ3) is 4.23. The third-order valence-corrected chi connectivity index (χ3v) is 9.34. The average molecular weight is 429 g/mol. The fraction of sp³-hybridized carbons (Fsp3) is 0.304. The zero-order valence-electron chi connectivity index (χ0n) is 16.1. The van der Waals surface area contributed by atoms with E-state index in [1.165, 1.54) is 0 Å². The van der Waals surface area contributed by atoms with Gasteiger partial charge in [-0.2, -0.15) is 0 Å². The number of hydrogen-bond donors (Lipinski definition) is 0. The Morgan fingerprint density at radius 1 is 0.621 bits per heavy atom. The summed E-state index contributed by atoms with van der Waals surface area (Å²) in [4.78, 5) is 0.681. The lowest BCUT2D eigenvalue weighted by Gasteiger charge is -2.17. The van der Waals surface area contributed by atoms with Crippen molar-refractivity contribution in [2.45, 2.75) is 29.1 Å². The number of sulfone groups is 2. The normalized spacial score (nSPS) is 21.1. The second-order valence-corrected chi connectivity index (χ2v) is 11.9. The van der Waals surface area contributed by atoms with E-state index in [-0.39, 0.29) is 23.3 Å². The van der Waals surface area contributed by atoms with Crippen LogP contribution < -0.4 is 0 Å². The van der Waals surface area contributed by atoms with Crippen LogP contribution in [0.1, 0.15) is 19.3 Å². The van der Waals surface area contributed by atoms with Crippen LogP contribution in [0.5, 0.6) is 0 Å². The van der Waals surface area contributed by atoms with Crippen LogP contribution in [0.3, 0.4) is 0 Å². The highest BCUT2D eigenvalue weighted by molar-refractivity contribution is 7.91. The van der Waals surface area contributed by atoms with Crippen LogP contribution in [0.2, 0.25) is 0 Å². The van der Waals surface area contributed by atoms with Crippen molar-refractivity contribution in [1.82, 2.24) is 0 Å². The maximum Gasteiger partial charge on any atom is 0.178 e. The van der Waals surface area contributed by atoms with E-state index in [9.17, 15) is 16.8 Å². The van der Waals surface area contributed by atoms with Crippen molar-refractivity contribution in [3.05, 3.63) is 84.0 Å². The summed E-state index contributed by atoms with van der Waals surface area (Å²) in [6.07, 6.45) is 6.16. The van der Waals surface area contributed by atoms with Crippen LogP contribution >= 0.6 is 0 Å². The van der Waals surface area contributed by atoms with Gasteiger partial charge in [-0.05, 0) is 55.4 Å². The first-order valence-corrected chi connectivity index (χ1v) is 13.1. The van der Waals surface area contributed by atoms with Crippen LogP contribution in [0.15, 0.2) is 93.8 Å². The minimum absolute atomic E-state index is 0.0539. The van der Waals surface area contributed by atoms with Gasteiger partial charge >= 0.3 is 0 Å². The largest absolute Gasteiger partial charge is 0.224 e. The fourth-order valence-corrected chi connectivity index (χ4v) is 6.96. The SMILES string of the molecule is O=S(=O)(CCC1=C(CCS(=O)(=O)c2ccccc2)[C@H]2C=C[C@@H]1C2)c1ccccc1. The van der Waals surface area contributed by atoms with E-state index in [0.717, 1.165) is 17.6 Å². The highest BCUT2D eigenvalue weighted by atomic mass is 32.2. The predicted octanol–water partition coefficient (Wildman–Crippen LogP) is 4.22. The molecule has 0 saturated carbocycles. The number of allylic oxidation sites excluding steroid dienone is 4. The Labute approximate surface area is 172 Å². The van der Waals surface area contributed by atoms with Crippen molar-refractivity contribution in [2.24, 2.45) is 11.8 Å². The van der Waals surface area contributed by atoms with Crippen molar-refractivity contribution in [1.29, 1.82) is 0 Å². The predicted molar refractivity (Wildman–Crippen MR) is 114 cm³/mol. The average Bonchev–Trinajstić information content (AvgIpc) is 3.34. The van der Waals surface area contributed by atoms with Crippen LogP contribution in [0.4, 0.5) is 0 Å². The minimum atomic E-state index is -3.35. The number of hydrogen-bond acceptors (Lipinski definition) is 4. The summed E-state index contributed by atoms with van der Waals surface area (Å²) in [6, 6.07) is 17.0. The monoisotopic (exact) mass is 428 g/mol. The zero-order valence-corrected chi connectivity index (χ0v) is 17.7. The summed E-state index contributed by atoms with van der Waals surface area (Å²) in [5.74, 6) is 0.609. The topological polar surface area (TPSA) is 68.3 Å². The molecule has 0 N–H and O–H groups in total. The summed E-state index contributed by atoms with van der Waals surface area (Å²) in [5, 5.41) is 0. The Kier molecular flexibility index (Phi) is 5.49. The lowest BCUT2D eigenvalue weighted by atomic mass is 9.93. The molecule has 0 radical (unpaired) electrons. The van der Waals surface area contributed by atoms with E-state index in [2.05, 4.69) is 12.2 Å². The molecule has 0 fully saturated rings. The summed E-state index contributed by atoms with van der Waals surface area (Å²) in [6.45, 7) is 0. The first kappa shape index (κ1) is 20.1. The zero-order chi connectivity index (χ0) is 20.5. The molecule has 4 rings (SSSR count). The van der Waals surface area contributed by atoms with Gasteiger partial charge in [0.25, 0.3) is 0 Å². The van der Waals surface area contributed by atoms with Crippen molar-refractivity contribution in [3.63, 3.8) is 0 Å². The fourth-order valence-electron chi connectivity index (χ4n) is 4.36. The molecular formula is C23H24O4S2. The first-order chi connectivity index (χ1) is 13.9. The lowest BCUT2D eigenvalue weighted by Crippen LogP contribution is -2.12. The van der Waals surface area contributed by atoms with E-state index in [1.54, 1.807) is 60.7 Å². The maximum absolute atomic E-state index is 12.7. The van der Waals surface area contributed by atoms with E-state index >= 15 is 0 Å². The van der Waals surface area contributed by atoms with Crippen LogP contribution in [0, 0.1) is 11.8 Å². The van der Waals surface area contributed by atoms with Crippen molar-refractivity contribution in [2.75, 3.05) is 11.5 Å². The molecule has 6 heteroatoms. The molecule has 0 aliphatic heterocycles. The first-order valence-electron chi connectivity index (χ1n) is 9.82. The standard InChI is InChI=1S/C23H24O4S2/c24-28(25,20-7-3-1-4-8-20)15-13-22-18-11-12-19(17-18)23(22)14-16-29(26,27)21-9-5-2-6-10-21/h1-12,18-19H,13-17H2/t18-,19+. The van der Waals surface area contributed by atoms with Gasteiger partial charge in [0.15, 0.2) is 19.7 Å². The molecule has 0 heterocycles. The highest BCUT2D eigenvalue weighted by Crippen LogP contribution is 2.46. The summed E-state index contributed by atoms with van der Waals surface area (Å²) >= 11 is 0. The number of benzene rings is 2. The van der Waals surface area contributed by atoms with Gasteiger partial charge in [-0.3, -0.25) is 0 Å². The Bertz CT molecular complexity index is 1050. The summed E-state index contributed by atoms with van der Waals surface area (Å²) in [7, 11) is -6.70. The Balaban J connectivity index is 1.50. The second-order valence-electron chi connectivity index (χ2n) is 7.65. The highest BCUT2D eigenvalue weighted by Gasteiger charge is 2.35. The summed E-state index contributed by atoms with van der Waals surface area (Å²) in [5.41, 5.74) is 2.25. The quantitative estimate of drug-likeness (QED) is 0.591. The molecule has 0 amide bonds. The Morgan fingerprint density at radius 3 is 1.38 bits per heavy atom. The van der Waals surface area contributed by atoms with Gasteiger partial charge in [0.2, 0.25) is 0 Å². The third-order valence-electron chi connectivity index (χ3n) is 5.88. The molecule has 0 spiro atoms. The molecule has 0 unspecified atom stereocenters. The van der Waals surface area contributed by atoms with Crippen LogP contribution in [-0.4, -0.2) is 28.3 Å². The van der Waals surface area contributed by atoms with Gasteiger partial charge < -0.3 is 0 Å². The molecule has 2 aromatic carbocycles. The molecule has 152 valence electrons. The molecule has 0 aromatic heterocycles. The van der Waals surface area contributed by atoms with Crippen molar-refractivity contribution in [3.8, 4) is 0 Å². The van der Waals surface area contributed by atoms with E-state index in [4.69, 9.17) is 0 Å². The van der Waals surface area contributed by atoms with Gasteiger partial charge in [-0.1, -0.05) is 59.7 Å². The van der Waals surface area contributed by atoms with E-state index in [0.29, 0.717) is 22.6 Å². The van der Waals surface area contributed by atoms with Gasteiger partial charge in [0.05, 0.1) is 21.3 Å². The van der Waals surface area contributed by atoms with E-state index in [1.807, 2.05) is 0 Å². The van der Waals surface area contributed by atoms with Crippen molar-refractivity contribution < 1.29 is 16.8 Å². The molecule has 2 atom stereocenters. The number of fused-ring (bicyclic) bond motifs is 2. The van der Waals surface area contributed by atoms with Gasteiger partial charge in [0, 0.05) is 0 Å². The number of rotatable bonds is 8. The molecule has 2 bridgehead atoms. The molecule has 29 heavy (non-hydrogen) atoms. The smallest absolute Gasteiger partial charge is 0.178 e.